The highest BCUT2D eigenvalue weighted by Crippen LogP contribution is 2.20. The maximum Gasteiger partial charge on any atom is 0.238 e. The second kappa shape index (κ2) is 7.43. The summed E-state index contributed by atoms with van der Waals surface area (Å²) in [5.74, 6) is 0.00706. The molecule has 21 heavy (non-hydrogen) atoms. The van der Waals surface area contributed by atoms with Crippen LogP contribution in [0.25, 0.3) is 0 Å². The van der Waals surface area contributed by atoms with Crippen LogP contribution in [-0.4, -0.2) is 55.5 Å². The molecule has 5 nitrogen and oxygen atoms in total. The number of carbonyl (C=O) groups excluding carboxylic acids is 1. The average Bonchev–Trinajstić information content (AvgIpc) is 2.95. The van der Waals surface area contributed by atoms with Gasteiger partial charge in [0.25, 0.3) is 0 Å². The lowest BCUT2D eigenvalue weighted by molar-refractivity contribution is -0.117. The van der Waals surface area contributed by atoms with Crippen molar-refractivity contribution in [3.05, 3.63) is 23.8 Å². The lowest BCUT2D eigenvalue weighted by atomic mass is 10.1. The standard InChI is InChI=1S/C16H26N4O/c1-13-14(17)6-5-7-15(13)18-16(21)12-19(2)10-11-20-8-3-4-9-20/h5-7H,3-4,8-12,17H2,1-2H3,(H,18,21). The molecule has 1 amide bonds. The second-order valence-electron chi connectivity index (χ2n) is 5.85. The highest BCUT2D eigenvalue weighted by Gasteiger charge is 2.13. The van der Waals surface area contributed by atoms with E-state index in [-0.39, 0.29) is 5.91 Å². The van der Waals surface area contributed by atoms with E-state index in [4.69, 9.17) is 5.73 Å². The first kappa shape index (κ1) is 15.8. The van der Waals surface area contributed by atoms with Gasteiger partial charge in [-0.05, 0) is 57.6 Å². The Kier molecular flexibility index (Phi) is 5.59. The van der Waals surface area contributed by atoms with Crippen molar-refractivity contribution in [2.45, 2.75) is 19.8 Å². The van der Waals surface area contributed by atoms with Crippen LogP contribution >= 0.6 is 0 Å². The Morgan fingerprint density at radius 1 is 1.38 bits per heavy atom. The van der Waals surface area contributed by atoms with Crippen molar-refractivity contribution >= 4 is 17.3 Å². The molecule has 1 fully saturated rings. The van der Waals surface area contributed by atoms with Crippen LogP contribution in [-0.2, 0) is 4.79 Å². The number of anilines is 2. The Labute approximate surface area is 127 Å². The van der Waals surface area contributed by atoms with Gasteiger partial charge in [0.2, 0.25) is 5.91 Å². The van der Waals surface area contributed by atoms with Crippen LogP contribution < -0.4 is 11.1 Å². The zero-order chi connectivity index (χ0) is 15.2. The fraction of sp³-hybridized carbons (Fsp3) is 0.562. The zero-order valence-electron chi connectivity index (χ0n) is 13.1. The maximum atomic E-state index is 12.1. The summed E-state index contributed by atoms with van der Waals surface area (Å²) in [4.78, 5) is 16.6. The summed E-state index contributed by atoms with van der Waals surface area (Å²) in [5.41, 5.74) is 8.27. The Balaban J connectivity index is 1.76. The van der Waals surface area contributed by atoms with Gasteiger partial charge in [0.1, 0.15) is 0 Å². The van der Waals surface area contributed by atoms with Gasteiger partial charge in [-0.1, -0.05) is 6.07 Å². The van der Waals surface area contributed by atoms with Gasteiger partial charge in [0.05, 0.1) is 6.54 Å². The number of likely N-dealkylation sites (tertiary alicyclic amines) is 1. The van der Waals surface area contributed by atoms with Crippen LogP contribution in [0, 0.1) is 6.92 Å². The highest BCUT2D eigenvalue weighted by atomic mass is 16.2. The summed E-state index contributed by atoms with van der Waals surface area (Å²) in [6.45, 7) is 6.68. The number of nitrogens with zero attached hydrogens (tertiary/aromatic N) is 2. The van der Waals surface area contributed by atoms with E-state index in [9.17, 15) is 4.79 Å². The Morgan fingerprint density at radius 3 is 2.81 bits per heavy atom. The number of nitrogens with one attached hydrogen (secondary N) is 1. The van der Waals surface area contributed by atoms with Gasteiger partial charge in [-0.25, -0.2) is 0 Å². The molecule has 0 saturated carbocycles. The van der Waals surface area contributed by atoms with E-state index in [2.05, 4.69) is 15.1 Å². The lowest BCUT2D eigenvalue weighted by Crippen LogP contribution is -2.36. The van der Waals surface area contributed by atoms with Crippen molar-refractivity contribution in [3.8, 4) is 0 Å². The molecule has 0 spiro atoms. The lowest BCUT2D eigenvalue weighted by Gasteiger charge is -2.21. The first-order valence-electron chi connectivity index (χ1n) is 7.62. The minimum Gasteiger partial charge on any atom is -0.398 e. The summed E-state index contributed by atoms with van der Waals surface area (Å²) in [5, 5.41) is 2.94. The van der Waals surface area contributed by atoms with Crippen LogP contribution in [0.15, 0.2) is 18.2 Å². The Morgan fingerprint density at radius 2 is 2.10 bits per heavy atom. The molecule has 1 heterocycles. The number of amides is 1. The number of nitrogens with two attached hydrogens (primary N) is 1. The van der Waals surface area contributed by atoms with Gasteiger partial charge < -0.3 is 16.0 Å². The van der Waals surface area contributed by atoms with Gasteiger partial charge >= 0.3 is 0 Å². The molecule has 0 atom stereocenters. The first-order chi connectivity index (χ1) is 10.1. The summed E-state index contributed by atoms with van der Waals surface area (Å²) in [6.07, 6.45) is 2.61. The molecular formula is C16H26N4O. The van der Waals surface area contributed by atoms with E-state index in [0.717, 1.165) is 24.3 Å². The van der Waals surface area contributed by atoms with Crippen LogP contribution in [0.4, 0.5) is 11.4 Å². The fourth-order valence-corrected chi connectivity index (χ4v) is 2.62. The molecule has 1 aliphatic rings. The van der Waals surface area contributed by atoms with E-state index in [1.165, 1.54) is 25.9 Å². The second-order valence-corrected chi connectivity index (χ2v) is 5.85. The number of hydrogen-bond acceptors (Lipinski definition) is 4. The predicted octanol–water partition coefficient (Wildman–Crippen LogP) is 1.54. The van der Waals surface area contributed by atoms with Crippen molar-refractivity contribution in [2.24, 2.45) is 0 Å². The van der Waals surface area contributed by atoms with Gasteiger partial charge in [0, 0.05) is 24.5 Å². The van der Waals surface area contributed by atoms with E-state index < -0.39 is 0 Å². The molecule has 116 valence electrons. The summed E-state index contributed by atoms with van der Waals surface area (Å²) in [7, 11) is 1.99. The predicted molar refractivity (Wildman–Crippen MR) is 87.4 cm³/mol. The van der Waals surface area contributed by atoms with E-state index in [1.807, 2.05) is 32.2 Å². The van der Waals surface area contributed by atoms with Gasteiger partial charge in [0.15, 0.2) is 0 Å². The normalized spacial score (nSPS) is 15.6. The van der Waals surface area contributed by atoms with Crippen molar-refractivity contribution in [3.63, 3.8) is 0 Å². The minimum absolute atomic E-state index is 0.00706. The molecule has 0 bridgehead atoms. The van der Waals surface area contributed by atoms with Crippen molar-refractivity contribution in [1.82, 2.24) is 9.80 Å². The third-order valence-electron chi connectivity index (χ3n) is 4.06. The summed E-state index contributed by atoms with van der Waals surface area (Å²) in [6, 6.07) is 5.58. The smallest absolute Gasteiger partial charge is 0.238 e. The van der Waals surface area contributed by atoms with Crippen LogP contribution in [0.3, 0.4) is 0 Å². The van der Waals surface area contributed by atoms with Gasteiger partial charge in [-0.15, -0.1) is 0 Å². The van der Waals surface area contributed by atoms with E-state index in [1.54, 1.807) is 0 Å². The molecular weight excluding hydrogens is 264 g/mol. The molecule has 1 aromatic rings. The molecule has 1 aliphatic heterocycles. The van der Waals surface area contributed by atoms with Crippen molar-refractivity contribution in [1.29, 1.82) is 0 Å². The number of benzene rings is 1. The largest absolute Gasteiger partial charge is 0.398 e. The van der Waals surface area contributed by atoms with Crippen LogP contribution in [0.2, 0.25) is 0 Å². The third kappa shape index (κ3) is 4.72. The molecule has 1 saturated heterocycles. The SMILES string of the molecule is Cc1c(N)cccc1NC(=O)CN(C)CCN1CCCC1. The molecule has 0 unspecified atom stereocenters. The summed E-state index contributed by atoms with van der Waals surface area (Å²) < 4.78 is 0. The quantitative estimate of drug-likeness (QED) is 0.780. The Bertz CT molecular complexity index is 483. The average molecular weight is 290 g/mol. The molecule has 0 aliphatic carbocycles. The number of nitrogen functional groups attached to an aromatic ring is 1. The third-order valence-corrected chi connectivity index (χ3v) is 4.06. The molecule has 3 N–H and O–H groups in total. The number of rotatable bonds is 6. The van der Waals surface area contributed by atoms with Gasteiger partial charge in [-0.3, -0.25) is 9.69 Å². The highest BCUT2D eigenvalue weighted by molar-refractivity contribution is 5.93. The molecule has 1 aromatic carbocycles. The van der Waals surface area contributed by atoms with E-state index >= 15 is 0 Å². The molecule has 0 aromatic heterocycles. The van der Waals surface area contributed by atoms with Crippen molar-refractivity contribution < 1.29 is 4.79 Å². The van der Waals surface area contributed by atoms with Gasteiger partial charge in [-0.2, -0.15) is 0 Å². The monoisotopic (exact) mass is 290 g/mol. The van der Waals surface area contributed by atoms with Crippen LogP contribution in [0.1, 0.15) is 18.4 Å². The number of carbonyl (C=O) groups is 1. The zero-order valence-corrected chi connectivity index (χ0v) is 13.1. The van der Waals surface area contributed by atoms with Crippen LogP contribution in [0.5, 0.6) is 0 Å². The Hall–Kier alpha value is -1.59. The summed E-state index contributed by atoms with van der Waals surface area (Å²) >= 11 is 0. The van der Waals surface area contributed by atoms with Crippen molar-refractivity contribution in [2.75, 3.05) is 50.8 Å². The number of likely N-dealkylation sites (N-methyl/N-ethyl adjacent to an activating group) is 1. The molecule has 0 radical (unpaired) electrons. The molecule has 2 rings (SSSR count). The number of hydrogen-bond donors (Lipinski definition) is 2. The van der Waals surface area contributed by atoms with E-state index in [0.29, 0.717) is 12.2 Å². The minimum atomic E-state index is 0.00706. The maximum absolute atomic E-state index is 12.1. The fourth-order valence-electron chi connectivity index (χ4n) is 2.62. The topological polar surface area (TPSA) is 61.6 Å². The molecule has 5 heteroatoms. The first-order valence-corrected chi connectivity index (χ1v) is 7.62.